The molecule has 2 heterocycles. The van der Waals surface area contributed by atoms with Gasteiger partial charge in [0.15, 0.2) is 11.5 Å². The van der Waals surface area contributed by atoms with E-state index in [-0.39, 0.29) is 23.7 Å². The first-order valence-electron chi connectivity index (χ1n) is 5.18. The average molecular weight is 232 g/mol. The van der Waals surface area contributed by atoms with Crippen LogP contribution in [-0.2, 0) is 7.05 Å². The highest BCUT2D eigenvalue weighted by Crippen LogP contribution is 2.11. The van der Waals surface area contributed by atoms with Crippen molar-refractivity contribution in [2.24, 2.45) is 7.05 Å². The zero-order valence-corrected chi connectivity index (χ0v) is 9.64. The Morgan fingerprint density at radius 3 is 2.65 bits per heavy atom. The molecule has 5 heteroatoms. The molecule has 2 aromatic rings. The molecule has 0 N–H and O–H groups in total. The topological polar surface area (TPSA) is 65.1 Å². The molecule has 0 atom stereocenters. The molecule has 0 aliphatic heterocycles. The van der Waals surface area contributed by atoms with Crippen molar-refractivity contribution in [3.63, 3.8) is 0 Å². The first-order valence-corrected chi connectivity index (χ1v) is 5.18. The van der Waals surface area contributed by atoms with Gasteiger partial charge in [-0.1, -0.05) is 0 Å². The fourth-order valence-corrected chi connectivity index (χ4v) is 1.48. The summed E-state index contributed by atoms with van der Waals surface area (Å²) in [5, 5.41) is 3.88. The van der Waals surface area contributed by atoms with Gasteiger partial charge < -0.3 is 4.42 Å². The molecular weight excluding hydrogens is 220 g/mol. The van der Waals surface area contributed by atoms with Crippen LogP contribution in [0.5, 0.6) is 0 Å². The van der Waals surface area contributed by atoms with Crippen LogP contribution < -0.4 is 0 Å². The van der Waals surface area contributed by atoms with E-state index in [4.69, 9.17) is 4.42 Å². The first-order chi connectivity index (χ1) is 8.06. The minimum absolute atomic E-state index is 0.196. The number of hydrogen-bond acceptors (Lipinski definition) is 4. The summed E-state index contributed by atoms with van der Waals surface area (Å²) in [7, 11) is 1.72. The number of ketones is 2. The minimum atomic E-state index is -0.313. The number of aryl methyl sites for hydroxylation is 2. The number of carbonyl (C=O) groups excluding carboxylic acids is 2. The largest absolute Gasteiger partial charge is 0.458 e. The van der Waals surface area contributed by atoms with Crippen molar-refractivity contribution >= 4 is 11.6 Å². The zero-order valence-electron chi connectivity index (χ0n) is 9.64. The summed E-state index contributed by atoms with van der Waals surface area (Å²) in [5.41, 5.74) is 0.434. The van der Waals surface area contributed by atoms with Gasteiger partial charge in [-0.05, 0) is 19.1 Å². The van der Waals surface area contributed by atoms with E-state index in [2.05, 4.69) is 5.10 Å². The maximum atomic E-state index is 11.7. The van der Waals surface area contributed by atoms with Gasteiger partial charge >= 0.3 is 0 Å². The highest BCUT2D eigenvalue weighted by Gasteiger charge is 2.17. The predicted molar refractivity (Wildman–Crippen MR) is 59.9 cm³/mol. The molecule has 5 nitrogen and oxygen atoms in total. The van der Waals surface area contributed by atoms with Crippen LogP contribution in [0.1, 0.15) is 33.1 Å². The number of Topliss-reactive ketones (excluding diaryl/α,β-unsaturated/α-hetero) is 2. The van der Waals surface area contributed by atoms with Crippen LogP contribution in [0.25, 0.3) is 0 Å². The molecule has 0 aromatic carbocycles. The molecule has 0 amide bonds. The third kappa shape index (κ3) is 2.50. The molecule has 0 bridgehead atoms. The maximum Gasteiger partial charge on any atom is 0.205 e. The number of nitrogens with zero attached hydrogens (tertiary/aromatic N) is 2. The van der Waals surface area contributed by atoms with E-state index in [1.807, 2.05) is 0 Å². The van der Waals surface area contributed by atoms with Crippen LogP contribution in [0.4, 0.5) is 0 Å². The van der Waals surface area contributed by atoms with Gasteiger partial charge in [-0.15, -0.1) is 0 Å². The molecule has 0 saturated carbocycles. The number of aromatic nitrogens is 2. The van der Waals surface area contributed by atoms with Crippen molar-refractivity contribution in [2.45, 2.75) is 13.3 Å². The summed E-state index contributed by atoms with van der Waals surface area (Å²) in [4.78, 5) is 23.4. The number of carbonyl (C=O) groups is 2. The van der Waals surface area contributed by atoms with Crippen LogP contribution in [0.2, 0.25) is 0 Å². The predicted octanol–water partition coefficient (Wildman–Crippen LogP) is 1.78. The Balaban J connectivity index is 2.07. The summed E-state index contributed by atoms with van der Waals surface area (Å²) >= 11 is 0. The Bertz CT molecular complexity index is 516. The summed E-state index contributed by atoms with van der Waals surface area (Å²) in [6, 6.07) is 3.27. The van der Waals surface area contributed by atoms with Crippen molar-refractivity contribution in [2.75, 3.05) is 0 Å². The van der Waals surface area contributed by atoms with E-state index in [0.29, 0.717) is 11.3 Å². The van der Waals surface area contributed by atoms with E-state index < -0.39 is 0 Å². The highest BCUT2D eigenvalue weighted by molar-refractivity contribution is 6.12. The lowest BCUT2D eigenvalue weighted by molar-refractivity contribution is 0.0877. The highest BCUT2D eigenvalue weighted by atomic mass is 16.3. The molecule has 17 heavy (non-hydrogen) atoms. The number of furan rings is 1. The second kappa shape index (κ2) is 4.37. The molecule has 88 valence electrons. The second-order valence-corrected chi connectivity index (χ2v) is 3.84. The van der Waals surface area contributed by atoms with E-state index in [0.717, 1.165) is 0 Å². The molecule has 0 unspecified atom stereocenters. The van der Waals surface area contributed by atoms with Gasteiger partial charge in [0.05, 0.1) is 18.2 Å². The molecule has 2 aromatic heterocycles. The zero-order chi connectivity index (χ0) is 12.4. The average Bonchev–Trinajstić information content (AvgIpc) is 2.87. The molecular formula is C12H12N2O3. The molecule has 0 fully saturated rings. The van der Waals surface area contributed by atoms with Crippen LogP contribution in [-0.4, -0.2) is 21.3 Å². The van der Waals surface area contributed by atoms with Crippen molar-refractivity contribution in [3.05, 3.63) is 41.6 Å². The quantitative estimate of drug-likeness (QED) is 0.595. The Kier molecular flexibility index (Phi) is 2.91. The van der Waals surface area contributed by atoms with Gasteiger partial charge in [0.2, 0.25) is 5.78 Å². The lowest BCUT2D eigenvalue weighted by atomic mass is 10.1. The van der Waals surface area contributed by atoms with Gasteiger partial charge in [0.25, 0.3) is 0 Å². The van der Waals surface area contributed by atoms with Crippen LogP contribution in [0.3, 0.4) is 0 Å². The fraction of sp³-hybridized carbons (Fsp3) is 0.250. The molecule has 0 aliphatic carbocycles. The minimum Gasteiger partial charge on any atom is -0.458 e. The lowest BCUT2D eigenvalue weighted by Gasteiger charge is -1.95. The monoisotopic (exact) mass is 232 g/mol. The summed E-state index contributed by atoms with van der Waals surface area (Å²) in [6.07, 6.45) is 2.84. The van der Waals surface area contributed by atoms with E-state index >= 15 is 0 Å². The van der Waals surface area contributed by atoms with Crippen molar-refractivity contribution in [3.8, 4) is 0 Å². The summed E-state index contributed by atoms with van der Waals surface area (Å²) in [5.74, 6) is 0.311. The van der Waals surface area contributed by atoms with Crippen molar-refractivity contribution < 1.29 is 14.0 Å². The Labute approximate surface area is 98.0 Å². The third-order valence-corrected chi connectivity index (χ3v) is 2.36. The summed E-state index contributed by atoms with van der Waals surface area (Å²) in [6.45, 7) is 1.75. The summed E-state index contributed by atoms with van der Waals surface area (Å²) < 4.78 is 6.69. The normalized spacial score (nSPS) is 10.5. The standard InChI is InChI=1S/C12H12N2O3/c1-8-3-4-12(17-8)11(16)5-10(15)9-6-13-14(2)7-9/h3-4,6-7H,5H2,1-2H3. The van der Waals surface area contributed by atoms with Gasteiger partial charge in [-0.25, -0.2) is 0 Å². The SMILES string of the molecule is Cc1ccc(C(=O)CC(=O)c2cnn(C)c2)o1. The molecule has 0 radical (unpaired) electrons. The van der Waals surface area contributed by atoms with E-state index in [1.54, 1.807) is 32.3 Å². The first kappa shape index (κ1) is 11.3. The van der Waals surface area contributed by atoms with Crippen LogP contribution in [0, 0.1) is 6.92 Å². The number of hydrogen-bond donors (Lipinski definition) is 0. The number of rotatable bonds is 4. The maximum absolute atomic E-state index is 11.7. The van der Waals surface area contributed by atoms with E-state index in [9.17, 15) is 9.59 Å². The Morgan fingerprint density at radius 1 is 1.35 bits per heavy atom. The lowest BCUT2D eigenvalue weighted by Crippen LogP contribution is -2.07. The third-order valence-electron chi connectivity index (χ3n) is 2.36. The van der Waals surface area contributed by atoms with Gasteiger partial charge in [0.1, 0.15) is 5.76 Å². The molecule has 2 rings (SSSR count). The Morgan fingerprint density at radius 2 is 2.12 bits per heavy atom. The van der Waals surface area contributed by atoms with Crippen LogP contribution in [0.15, 0.2) is 28.9 Å². The smallest absolute Gasteiger partial charge is 0.205 e. The molecule has 0 aliphatic rings. The van der Waals surface area contributed by atoms with Gasteiger partial charge in [-0.2, -0.15) is 5.10 Å². The molecule has 0 spiro atoms. The van der Waals surface area contributed by atoms with Crippen molar-refractivity contribution in [1.82, 2.24) is 9.78 Å². The fourth-order valence-electron chi connectivity index (χ4n) is 1.48. The van der Waals surface area contributed by atoms with Gasteiger partial charge in [-0.3, -0.25) is 14.3 Å². The van der Waals surface area contributed by atoms with Crippen LogP contribution >= 0.6 is 0 Å². The van der Waals surface area contributed by atoms with E-state index in [1.165, 1.54) is 10.9 Å². The second-order valence-electron chi connectivity index (χ2n) is 3.84. The molecule has 0 saturated heterocycles. The van der Waals surface area contributed by atoms with Crippen molar-refractivity contribution in [1.29, 1.82) is 0 Å². The van der Waals surface area contributed by atoms with Gasteiger partial charge in [0, 0.05) is 13.2 Å². The Hall–Kier alpha value is -2.17.